The number of benzene rings is 3. The zero-order valence-electron chi connectivity index (χ0n) is 17.2. The number of halogens is 1. The highest BCUT2D eigenvalue weighted by Crippen LogP contribution is 2.49. The van der Waals surface area contributed by atoms with Crippen LogP contribution in [-0.2, 0) is 0 Å². The molecule has 0 spiro atoms. The van der Waals surface area contributed by atoms with Crippen LogP contribution >= 0.6 is 0 Å². The quantitative estimate of drug-likeness (QED) is 0.558. The molecule has 0 aliphatic carbocycles. The van der Waals surface area contributed by atoms with E-state index in [1.165, 1.54) is 28.0 Å². The van der Waals surface area contributed by atoms with Crippen LogP contribution in [0.15, 0.2) is 72.8 Å². The van der Waals surface area contributed by atoms with Crippen molar-refractivity contribution < 1.29 is 18.7 Å². The van der Waals surface area contributed by atoms with E-state index in [0.717, 1.165) is 17.2 Å². The van der Waals surface area contributed by atoms with Crippen LogP contribution < -0.4 is 9.64 Å². The molecular weight excluding hydrogens is 395 g/mol. The maximum atomic E-state index is 13.8. The molecule has 1 fully saturated rings. The van der Waals surface area contributed by atoms with Crippen molar-refractivity contribution in [2.75, 3.05) is 4.90 Å². The first-order valence-corrected chi connectivity index (χ1v) is 10.2. The van der Waals surface area contributed by atoms with E-state index in [-0.39, 0.29) is 5.56 Å². The molecule has 1 saturated heterocycles. The maximum absolute atomic E-state index is 13.8. The lowest BCUT2D eigenvalue weighted by atomic mass is 9.88. The van der Waals surface area contributed by atoms with Crippen LogP contribution in [0.1, 0.15) is 40.9 Å². The highest BCUT2D eigenvalue weighted by atomic mass is 19.1. The number of anilines is 1. The summed E-state index contributed by atoms with van der Waals surface area (Å²) in [5, 5.41) is 0. The molecule has 2 atom stereocenters. The summed E-state index contributed by atoms with van der Waals surface area (Å²) >= 11 is 0. The average molecular weight is 416 g/mol. The first-order chi connectivity index (χ1) is 14.9. The van der Waals surface area contributed by atoms with Crippen LogP contribution in [0.25, 0.3) is 0 Å². The number of urea groups is 1. The van der Waals surface area contributed by atoms with E-state index in [2.05, 4.69) is 0 Å². The van der Waals surface area contributed by atoms with Crippen molar-refractivity contribution in [2.24, 2.45) is 0 Å². The van der Waals surface area contributed by atoms with Crippen molar-refractivity contribution >= 4 is 17.6 Å². The van der Waals surface area contributed by atoms with Gasteiger partial charge >= 0.3 is 6.03 Å². The van der Waals surface area contributed by atoms with Crippen LogP contribution in [0.5, 0.6) is 5.75 Å². The Kier molecular flexibility index (Phi) is 4.32. The Hall–Kier alpha value is -3.67. The Morgan fingerprint density at radius 2 is 1.81 bits per heavy atom. The molecule has 2 heterocycles. The molecule has 3 aromatic carbocycles. The molecule has 0 N–H and O–H groups in total. The molecule has 5 rings (SSSR count). The minimum atomic E-state index is -0.968. The fraction of sp³-hybridized carbons (Fsp3) is 0.200. The van der Waals surface area contributed by atoms with Crippen molar-refractivity contribution in [3.05, 3.63) is 95.3 Å². The SMILES string of the molecule is Cc1ccc(N2C(=O)N(C(=O)c3cccc(F)c3)[C@H]3C[C@@]2(C)Oc2ccccc23)cc1. The lowest BCUT2D eigenvalue weighted by Gasteiger charge is -2.53. The Labute approximate surface area is 179 Å². The molecular formula is C25H21FN2O3. The van der Waals surface area contributed by atoms with Crippen LogP contribution in [0.2, 0.25) is 0 Å². The van der Waals surface area contributed by atoms with E-state index in [4.69, 9.17) is 4.74 Å². The number of para-hydroxylation sites is 1. The highest BCUT2D eigenvalue weighted by molar-refractivity contribution is 6.10. The van der Waals surface area contributed by atoms with Crippen molar-refractivity contribution in [1.82, 2.24) is 4.90 Å². The molecule has 2 aliphatic heterocycles. The van der Waals surface area contributed by atoms with Gasteiger partial charge in [-0.25, -0.2) is 9.18 Å². The second-order valence-electron chi connectivity index (χ2n) is 8.17. The van der Waals surface area contributed by atoms with E-state index >= 15 is 0 Å². The van der Waals surface area contributed by atoms with Gasteiger partial charge in [0.2, 0.25) is 0 Å². The zero-order valence-corrected chi connectivity index (χ0v) is 17.2. The summed E-state index contributed by atoms with van der Waals surface area (Å²) in [5.74, 6) is -0.434. The van der Waals surface area contributed by atoms with E-state index in [1.54, 1.807) is 0 Å². The monoisotopic (exact) mass is 416 g/mol. The molecule has 0 unspecified atom stereocenters. The van der Waals surface area contributed by atoms with Gasteiger partial charge in [-0.1, -0.05) is 42.0 Å². The molecule has 0 saturated carbocycles. The van der Waals surface area contributed by atoms with Gasteiger partial charge in [-0.15, -0.1) is 0 Å². The smallest absolute Gasteiger partial charge is 0.335 e. The van der Waals surface area contributed by atoms with E-state index in [9.17, 15) is 14.0 Å². The molecule has 2 bridgehead atoms. The number of rotatable bonds is 2. The fourth-order valence-electron chi connectivity index (χ4n) is 4.47. The summed E-state index contributed by atoms with van der Waals surface area (Å²) in [7, 11) is 0. The predicted molar refractivity (Wildman–Crippen MR) is 114 cm³/mol. The van der Waals surface area contributed by atoms with Crippen molar-refractivity contribution in [2.45, 2.75) is 32.0 Å². The summed E-state index contributed by atoms with van der Waals surface area (Å²) in [6, 6.07) is 19.3. The van der Waals surface area contributed by atoms with Gasteiger partial charge in [0.25, 0.3) is 5.91 Å². The number of ether oxygens (including phenoxy) is 1. The van der Waals surface area contributed by atoms with Gasteiger partial charge in [0.1, 0.15) is 11.6 Å². The predicted octanol–water partition coefficient (Wildman–Crippen LogP) is 5.46. The number of carbonyl (C=O) groups is 2. The Morgan fingerprint density at radius 3 is 2.55 bits per heavy atom. The third-order valence-electron chi connectivity index (χ3n) is 5.94. The number of amides is 3. The van der Waals surface area contributed by atoms with Gasteiger partial charge in [-0.2, -0.15) is 0 Å². The van der Waals surface area contributed by atoms with Gasteiger partial charge in [0, 0.05) is 23.2 Å². The number of hydrogen-bond donors (Lipinski definition) is 0. The lowest BCUT2D eigenvalue weighted by Crippen LogP contribution is -2.67. The molecule has 31 heavy (non-hydrogen) atoms. The molecule has 6 heteroatoms. The standard InChI is InChI=1S/C25H21FN2O3/c1-16-10-12-19(13-11-16)28-24(30)27(23(29)17-6-5-7-18(26)14-17)21-15-25(28,2)31-22-9-4-3-8-20(21)22/h3-14,21H,15H2,1-2H3/t21-,25+/m0/s1. The van der Waals surface area contributed by atoms with Crippen molar-refractivity contribution in [3.8, 4) is 5.75 Å². The Balaban J connectivity index is 1.67. The average Bonchev–Trinajstić information content (AvgIpc) is 2.74. The Morgan fingerprint density at radius 1 is 1.06 bits per heavy atom. The van der Waals surface area contributed by atoms with Crippen molar-refractivity contribution in [3.63, 3.8) is 0 Å². The summed E-state index contributed by atoms with van der Waals surface area (Å²) in [5.41, 5.74) is 1.61. The maximum Gasteiger partial charge on any atom is 0.335 e. The summed E-state index contributed by atoms with van der Waals surface area (Å²) in [6.45, 7) is 3.82. The van der Waals surface area contributed by atoms with Gasteiger partial charge in [0.15, 0.2) is 5.72 Å². The second kappa shape index (κ2) is 6.94. The van der Waals surface area contributed by atoms with E-state index in [1.807, 2.05) is 62.4 Å². The number of fused-ring (bicyclic) bond motifs is 4. The number of imide groups is 1. The first-order valence-electron chi connectivity index (χ1n) is 10.2. The third kappa shape index (κ3) is 3.06. The number of carbonyl (C=O) groups excluding carboxylic acids is 2. The normalized spacial score (nSPS) is 22.0. The molecule has 0 radical (unpaired) electrons. The van der Waals surface area contributed by atoms with E-state index in [0.29, 0.717) is 17.9 Å². The molecule has 3 aromatic rings. The fourth-order valence-corrected chi connectivity index (χ4v) is 4.47. The molecule has 2 aliphatic rings. The third-order valence-corrected chi connectivity index (χ3v) is 5.94. The molecule has 3 amide bonds. The minimum Gasteiger partial charge on any atom is -0.467 e. The van der Waals surface area contributed by atoms with Gasteiger partial charge in [-0.05, 0) is 50.2 Å². The van der Waals surface area contributed by atoms with Crippen molar-refractivity contribution in [1.29, 1.82) is 0 Å². The summed E-state index contributed by atoms with van der Waals surface area (Å²) in [4.78, 5) is 30.0. The number of hydrogen-bond acceptors (Lipinski definition) is 3. The summed E-state index contributed by atoms with van der Waals surface area (Å²) < 4.78 is 20.2. The second-order valence-corrected chi connectivity index (χ2v) is 8.17. The largest absolute Gasteiger partial charge is 0.467 e. The first kappa shape index (κ1) is 19.3. The topological polar surface area (TPSA) is 49.9 Å². The van der Waals surface area contributed by atoms with Crippen LogP contribution in [0, 0.1) is 12.7 Å². The number of nitrogens with zero attached hydrogens (tertiary/aromatic N) is 2. The zero-order chi connectivity index (χ0) is 21.8. The summed E-state index contributed by atoms with van der Waals surface area (Å²) in [6.07, 6.45) is 0.394. The van der Waals surface area contributed by atoms with Crippen LogP contribution in [-0.4, -0.2) is 22.6 Å². The lowest BCUT2D eigenvalue weighted by molar-refractivity contribution is 0.00266. The van der Waals surface area contributed by atoms with E-state index < -0.39 is 29.5 Å². The van der Waals surface area contributed by atoms with Gasteiger partial charge in [0.05, 0.1) is 6.04 Å². The minimum absolute atomic E-state index is 0.129. The van der Waals surface area contributed by atoms with Crippen LogP contribution in [0.4, 0.5) is 14.9 Å². The van der Waals surface area contributed by atoms with Crippen LogP contribution in [0.3, 0.4) is 0 Å². The highest BCUT2D eigenvalue weighted by Gasteiger charge is 2.55. The molecule has 0 aromatic heterocycles. The van der Waals surface area contributed by atoms with Gasteiger partial charge in [-0.3, -0.25) is 14.6 Å². The molecule has 156 valence electrons. The van der Waals surface area contributed by atoms with Gasteiger partial charge < -0.3 is 4.74 Å². The molecule has 5 nitrogen and oxygen atoms in total. The Bertz CT molecular complexity index is 1190. The number of aryl methyl sites for hydroxylation is 1.